The molecule has 7 heteroatoms. The van der Waals surface area contributed by atoms with Crippen LogP contribution in [0.4, 0.5) is 11.5 Å². The summed E-state index contributed by atoms with van der Waals surface area (Å²) in [7, 11) is 1.68. The van der Waals surface area contributed by atoms with Gasteiger partial charge >= 0.3 is 5.69 Å². The van der Waals surface area contributed by atoms with Crippen molar-refractivity contribution in [2.75, 3.05) is 11.1 Å². The highest BCUT2D eigenvalue weighted by Gasteiger charge is 2.13. The lowest BCUT2D eigenvalue weighted by molar-refractivity contribution is 0.776. The third-order valence-corrected chi connectivity index (χ3v) is 3.46. The first-order valence-corrected chi connectivity index (χ1v) is 6.86. The van der Waals surface area contributed by atoms with E-state index in [9.17, 15) is 4.79 Å². The normalized spacial score (nSPS) is 12.3. The number of nitrogens with zero attached hydrogens (tertiary/aromatic N) is 4. The number of nitrogens with one attached hydrogen (secondary N) is 1. The van der Waals surface area contributed by atoms with Gasteiger partial charge in [0.05, 0.1) is 11.6 Å². The first-order valence-electron chi connectivity index (χ1n) is 6.86. The number of hydrogen-bond acceptors (Lipinski definition) is 6. The molecule has 0 aliphatic heterocycles. The fraction of sp³-hybridized carbons (Fsp3) is 0.200. The van der Waals surface area contributed by atoms with Crippen LogP contribution in [0.2, 0.25) is 0 Å². The van der Waals surface area contributed by atoms with Gasteiger partial charge in [0.15, 0.2) is 0 Å². The Kier molecular flexibility index (Phi) is 3.46. The number of nitrogen functional groups attached to an aromatic ring is 1. The van der Waals surface area contributed by atoms with Gasteiger partial charge in [-0.2, -0.15) is 4.98 Å². The molecule has 3 N–H and O–H groups in total. The molecule has 1 atom stereocenters. The summed E-state index contributed by atoms with van der Waals surface area (Å²) in [4.78, 5) is 24.5. The molecule has 3 rings (SSSR count). The summed E-state index contributed by atoms with van der Waals surface area (Å²) in [5.41, 5.74) is 6.90. The molecule has 2 aromatic heterocycles. The van der Waals surface area contributed by atoms with E-state index in [0.717, 1.165) is 10.9 Å². The first kappa shape index (κ1) is 14.0. The van der Waals surface area contributed by atoms with Gasteiger partial charge < -0.3 is 11.1 Å². The molecule has 0 aliphatic carbocycles. The van der Waals surface area contributed by atoms with Crippen molar-refractivity contribution in [2.24, 2.45) is 7.05 Å². The Morgan fingerprint density at radius 1 is 1.27 bits per heavy atom. The monoisotopic (exact) mass is 296 g/mol. The number of nitrogens with two attached hydrogens (primary N) is 1. The van der Waals surface area contributed by atoms with Crippen molar-refractivity contribution in [3.8, 4) is 0 Å². The van der Waals surface area contributed by atoms with Crippen LogP contribution in [0.1, 0.15) is 18.8 Å². The van der Waals surface area contributed by atoms with Gasteiger partial charge in [0.25, 0.3) is 0 Å². The van der Waals surface area contributed by atoms with Crippen LogP contribution in [0, 0.1) is 0 Å². The van der Waals surface area contributed by atoms with Gasteiger partial charge in [-0.25, -0.2) is 14.8 Å². The van der Waals surface area contributed by atoms with E-state index < -0.39 is 0 Å². The molecule has 1 unspecified atom stereocenters. The smallest absolute Gasteiger partial charge is 0.349 e. The molecular weight excluding hydrogens is 280 g/mol. The van der Waals surface area contributed by atoms with Crippen molar-refractivity contribution < 1.29 is 0 Å². The number of benzene rings is 1. The third kappa shape index (κ3) is 2.48. The van der Waals surface area contributed by atoms with E-state index in [4.69, 9.17) is 5.73 Å². The van der Waals surface area contributed by atoms with E-state index in [-0.39, 0.29) is 11.7 Å². The molecule has 1 aromatic carbocycles. The van der Waals surface area contributed by atoms with Crippen molar-refractivity contribution in [1.82, 2.24) is 19.5 Å². The highest BCUT2D eigenvalue weighted by molar-refractivity contribution is 5.91. The van der Waals surface area contributed by atoms with Crippen LogP contribution < -0.4 is 16.7 Å². The highest BCUT2D eigenvalue weighted by atomic mass is 16.1. The summed E-state index contributed by atoms with van der Waals surface area (Å²) >= 11 is 0. The molecule has 0 bridgehead atoms. The molecule has 22 heavy (non-hydrogen) atoms. The lowest BCUT2D eigenvalue weighted by Gasteiger charge is -2.15. The van der Waals surface area contributed by atoms with Crippen LogP contribution >= 0.6 is 0 Å². The average molecular weight is 296 g/mol. The number of aryl methyl sites for hydroxylation is 1. The number of rotatable bonds is 3. The Labute approximate surface area is 126 Å². The standard InChI is InChI=1S/C15H16N6O/c1-9(13-17-6-3-7-18-13)19-14-11-8-10(16)4-5-12(11)21(2)15(22)20-14/h3-9H,16H2,1-2H3,(H,19,20,22). The van der Waals surface area contributed by atoms with E-state index in [1.54, 1.807) is 37.6 Å². The second-order valence-electron chi connectivity index (χ2n) is 5.05. The molecule has 0 spiro atoms. The Morgan fingerprint density at radius 2 is 2.00 bits per heavy atom. The number of fused-ring (bicyclic) bond motifs is 1. The number of hydrogen-bond donors (Lipinski definition) is 2. The Balaban J connectivity index is 2.09. The lowest BCUT2D eigenvalue weighted by atomic mass is 10.2. The van der Waals surface area contributed by atoms with E-state index >= 15 is 0 Å². The van der Waals surface area contributed by atoms with Crippen molar-refractivity contribution >= 4 is 22.4 Å². The van der Waals surface area contributed by atoms with Gasteiger partial charge in [0.2, 0.25) is 0 Å². The predicted molar refractivity (Wildman–Crippen MR) is 85.5 cm³/mol. The van der Waals surface area contributed by atoms with E-state index in [1.807, 2.05) is 13.0 Å². The minimum Gasteiger partial charge on any atom is -0.399 e. The molecule has 7 nitrogen and oxygen atoms in total. The lowest BCUT2D eigenvalue weighted by Crippen LogP contribution is -2.23. The molecule has 0 fully saturated rings. The number of aromatic nitrogens is 4. The van der Waals surface area contributed by atoms with Crippen LogP contribution in [-0.2, 0) is 7.05 Å². The third-order valence-electron chi connectivity index (χ3n) is 3.46. The fourth-order valence-electron chi connectivity index (χ4n) is 2.28. The Bertz CT molecular complexity index is 874. The van der Waals surface area contributed by atoms with Crippen molar-refractivity contribution in [2.45, 2.75) is 13.0 Å². The molecule has 0 saturated heterocycles. The molecule has 0 saturated carbocycles. The predicted octanol–water partition coefficient (Wildman–Crippen LogP) is 1.48. The van der Waals surface area contributed by atoms with E-state index in [2.05, 4.69) is 20.3 Å². The van der Waals surface area contributed by atoms with Crippen molar-refractivity contribution in [1.29, 1.82) is 0 Å². The molecule has 0 amide bonds. The topological polar surface area (TPSA) is 98.7 Å². The SMILES string of the molecule is CC(Nc1nc(=O)n(C)c2ccc(N)cc12)c1ncccn1. The maximum Gasteiger partial charge on any atom is 0.349 e. The van der Waals surface area contributed by atoms with Crippen LogP contribution in [0.5, 0.6) is 0 Å². The average Bonchev–Trinajstić information content (AvgIpc) is 2.53. The maximum absolute atomic E-state index is 12.0. The van der Waals surface area contributed by atoms with Crippen LogP contribution in [-0.4, -0.2) is 19.5 Å². The summed E-state index contributed by atoms with van der Waals surface area (Å²) in [6, 6.07) is 6.93. The summed E-state index contributed by atoms with van der Waals surface area (Å²) in [6.07, 6.45) is 3.35. The largest absolute Gasteiger partial charge is 0.399 e. The molecule has 112 valence electrons. The molecule has 2 heterocycles. The summed E-state index contributed by atoms with van der Waals surface area (Å²) in [5.74, 6) is 1.10. The molecular formula is C15H16N6O. The zero-order chi connectivity index (χ0) is 15.7. The fourth-order valence-corrected chi connectivity index (χ4v) is 2.28. The second kappa shape index (κ2) is 5.44. The Hall–Kier alpha value is -2.96. The maximum atomic E-state index is 12.0. The van der Waals surface area contributed by atoms with Gasteiger partial charge in [-0.15, -0.1) is 0 Å². The van der Waals surface area contributed by atoms with Gasteiger partial charge in [-0.05, 0) is 31.2 Å². The summed E-state index contributed by atoms with van der Waals surface area (Å²) < 4.78 is 1.49. The number of anilines is 2. The second-order valence-corrected chi connectivity index (χ2v) is 5.05. The van der Waals surface area contributed by atoms with Gasteiger partial charge in [-0.3, -0.25) is 4.57 Å². The van der Waals surface area contributed by atoms with Crippen molar-refractivity contribution in [3.05, 3.63) is 53.0 Å². The minimum absolute atomic E-state index is 0.189. The minimum atomic E-state index is -0.332. The quantitative estimate of drug-likeness (QED) is 0.710. The van der Waals surface area contributed by atoms with Crippen LogP contribution in [0.15, 0.2) is 41.5 Å². The van der Waals surface area contributed by atoms with Gasteiger partial charge in [0.1, 0.15) is 11.6 Å². The molecule has 0 aliphatic rings. The zero-order valence-electron chi connectivity index (χ0n) is 12.3. The Morgan fingerprint density at radius 3 is 2.73 bits per heavy atom. The zero-order valence-corrected chi connectivity index (χ0v) is 12.3. The van der Waals surface area contributed by atoms with Gasteiger partial charge in [-0.1, -0.05) is 0 Å². The first-order chi connectivity index (χ1) is 10.6. The van der Waals surface area contributed by atoms with Gasteiger partial charge in [0, 0.05) is 30.5 Å². The van der Waals surface area contributed by atoms with Crippen molar-refractivity contribution in [3.63, 3.8) is 0 Å². The van der Waals surface area contributed by atoms with Crippen LogP contribution in [0.3, 0.4) is 0 Å². The summed E-state index contributed by atoms with van der Waals surface area (Å²) in [5, 5.41) is 3.97. The van der Waals surface area contributed by atoms with E-state index in [0.29, 0.717) is 17.3 Å². The molecule has 3 aromatic rings. The molecule has 0 radical (unpaired) electrons. The van der Waals surface area contributed by atoms with E-state index in [1.165, 1.54) is 4.57 Å². The summed E-state index contributed by atoms with van der Waals surface area (Å²) in [6.45, 7) is 1.91. The van der Waals surface area contributed by atoms with Crippen LogP contribution in [0.25, 0.3) is 10.9 Å². The highest BCUT2D eigenvalue weighted by Crippen LogP contribution is 2.24.